The van der Waals surface area contributed by atoms with E-state index in [2.05, 4.69) is 33.2 Å². The van der Waals surface area contributed by atoms with Crippen LogP contribution in [0.4, 0.5) is 0 Å². The van der Waals surface area contributed by atoms with Crippen LogP contribution in [0.25, 0.3) is 21.0 Å². The van der Waals surface area contributed by atoms with Gasteiger partial charge in [-0.25, -0.2) is 4.98 Å². The Morgan fingerprint density at radius 1 is 1.30 bits per heavy atom. The zero-order valence-corrected chi connectivity index (χ0v) is 19.7. The highest BCUT2D eigenvalue weighted by atomic mass is 32.2. The topological polar surface area (TPSA) is 84.7 Å². The van der Waals surface area contributed by atoms with Gasteiger partial charge in [0, 0.05) is 9.75 Å². The van der Waals surface area contributed by atoms with Crippen LogP contribution >= 0.6 is 34.4 Å². The Morgan fingerprint density at radius 2 is 2.13 bits per heavy atom. The van der Waals surface area contributed by atoms with Gasteiger partial charge in [-0.05, 0) is 63.1 Å². The summed E-state index contributed by atoms with van der Waals surface area (Å²) in [5.41, 5.74) is 2.34. The number of fused-ring (bicyclic) bond motifs is 2. The van der Waals surface area contributed by atoms with Gasteiger partial charge in [0.25, 0.3) is 16.7 Å². The van der Waals surface area contributed by atoms with Gasteiger partial charge >= 0.3 is 0 Å². The van der Waals surface area contributed by atoms with Crippen LogP contribution in [0.3, 0.4) is 0 Å². The van der Waals surface area contributed by atoms with Crippen LogP contribution in [0.5, 0.6) is 0 Å². The summed E-state index contributed by atoms with van der Waals surface area (Å²) in [4.78, 5) is 24.6. The fraction of sp³-hybridized carbons (Fsp3) is 0.429. The molecule has 1 aliphatic rings. The maximum atomic E-state index is 12.6. The second kappa shape index (κ2) is 7.62. The predicted molar refractivity (Wildman–Crippen MR) is 123 cm³/mol. The average Bonchev–Trinajstić information content (AvgIpc) is 3.39. The smallest absolute Gasteiger partial charge is 0.277 e. The van der Waals surface area contributed by atoms with Crippen LogP contribution in [-0.4, -0.2) is 20.2 Å². The van der Waals surface area contributed by atoms with Crippen molar-refractivity contribution in [2.45, 2.75) is 57.4 Å². The van der Waals surface area contributed by atoms with Crippen LogP contribution in [0, 0.1) is 19.8 Å². The molecule has 4 aromatic rings. The molecule has 2 atom stereocenters. The number of nitrogens with one attached hydrogen (secondary N) is 1. The molecule has 0 saturated heterocycles. The lowest BCUT2D eigenvalue weighted by Crippen LogP contribution is -2.12. The Balaban J connectivity index is 1.38. The van der Waals surface area contributed by atoms with E-state index in [9.17, 15) is 4.79 Å². The van der Waals surface area contributed by atoms with Crippen LogP contribution in [0.15, 0.2) is 20.5 Å². The minimum atomic E-state index is -0.115. The van der Waals surface area contributed by atoms with E-state index in [4.69, 9.17) is 4.42 Å². The van der Waals surface area contributed by atoms with E-state index in [0.717, 1.165) is 38.9 Å². The van der Waals surface area contributed by atoms with E-state index < -0.39 is 0 Å². The Hall–Kier alpha value is -1.97. The fourth-order valence-electron chi connectivity index (χ4n) is 3.84. The summed E-state index contributed by atoms with van der Waals surface area (Å²) in [6.45, 7) is 8.27. The monoisotopic (exact) mass is 458 g/mol. The number of hydrogen-bond donors (Lipinski definition) is 1. The summed E-state index contributed by atoms with van der Waals surface area (Å²) >= 11 is 4.73. The molecule has 9 heteroatoms. The molecule has 0 bridgehead atoms. The normalized spacial score (nSPS) is 17.4. The van der Waals surface area contributed by atoms with E-state index in [0.29, 0.717) is 22.3 Å². The first kappa shape index (κ1) is 20.0. The molecule has 6 nitrogen and oxygen atoms in total. The third-order valence-electron chi connectivity index (χ3n) is 5.67. The summed E-state index contributed by atoms with van der Waals surface area (Å²) in [5, 5.41) is 9.54. The standard InChI is InChI=1S/C21H22N4O2S3/c1-9-5-6-14-13(7-9)8-15(30-14)19-24-25-21(27-19)29-12(4)17-22-18(26)16-10(2)11(3)28-20(16)23-17/h8-9,12H,5-7H2,1-4H3,(H,22,23,26)/t9-,12-/m0/s1. The van der Waals surface area contributed by atoms with Gasteiger partial charge in [-0.15, -0.1) is 32.9 Å². The van der Waals surface area contributed by atoms with Crippen molar-refractivity contribution in [2.24, 2.45) is 5.92 Å². The van der Waals surface area contributed by atoms with Gasteiger partial charge in [-0.1, -0.05) is 18.7 Å². The van der Waals surface area contributed by atoms with Gasteiger partial charge in [0.1, 0.15) is 10.7 Å². The third-order valence-corrected chi connectivity index (χ3v) is 8.94. The summed E-state index contributed by atoms with van der Waals surface area (Å²) in [5.74, 6) is 1.93. The highest BCUT2D eigenvalue weighted by molar-refractivity contribution is 7.99. The highest BCUT2D eigenvalue weighted by Gasteiger charge is 2.22. The second-order valence-electron chi connectivity index (χ2n) is 7.95. The summed E-state index contributed by atoms with van der Waals surface area (Å²) in [6.07, 6.45) is 3.51. The molecule has 1 aliphatic carbocycles. The van der Waals surface area contributed by atoms with Gasteiger partial charge in [0.2, 0.25) is 0 Å². The van der Waals surface area contributed by atoms with Crippen LogP contribution in [0.1, 0.15) is 52.2 Å². The van der Waals surface area contributed by atoms with Crippen molar-refractivity contribution in [1.29, 1.82) is 0 Å². The van der Waals surface area contributed by atoms with Crippen molar-refractivity contribution in [3.8, 4) is 10.8 Å². The van der Waals surface area contributed by atoms with E-state index in [1.165, 1.54) is 28.6 Å². The Morgan fingerprint density at radius 3 is 2.97 bits per heavy atom. The average molecular weight is 459 g/mol. The summed E-state index contributed by atoms with van der Waals surface area (Å²) in [6, 6.07) is 2.20. The molecule has 0 spiro atoms. The molecular formula is C21H22N4O2S3. The largest absolute Gasteiger partial charge is 0.410 e. The number of nitrogens with zero attached hydrogens (tertiary/aromatic N) is 3. The SMILES string of the molecule is Cc1sc2nc([C@H](C)Sc3nnc(-c4cc5c(s4)CC[C@H](C)C5)o3)[nH]c(=O)c2c1C. The van der Waals surface area contributed by atoms with Gasteiger partial charge in [-0.2, -0.15) is 0 Å². The fourth-order valence-corrected chi connectivity index (χ4v) is 6.75. The number of H-pyrrole nitrogens is 1. The van der Waals surface area contributed by atoms with Gasteiger partial charge in [-0.3, -0.25) is 4.79 Å². The molecule has 0 amide bonds. The number of aromatic amines is 1. The van der Waals surface area contributed by atoms with E-state index in [-0.39, 0.29) is 10.8 Å². The van der Waals surface area contributed by atoms with Gasteiger partial charge in [0.15, 0.2) is 0 Å². The minimum Gasteiger partial charge on any atom is -0.410 e. The molecule has 0 saturated carbocycles. The van der Waals surface area contributed by atoms with E-state index >= 15 is 0 Å². The number of hydrogen-bond acceptors (Lipinski definition) is 8. The molecule has 1 N–H and O–H groups in total. The first-order valence-corrected chi connectivity index (χ1v) is 12.5. The number of aryl methyl sites for hydroxylation is 3. The van der Waals surface area contributed by atoms with Crippen molar-refractivity contribution < 1.29 is 4.42 Å². The van der Waals surface area contributed by atoms with Crippen molar-refractivity contribution in [3.05, 3.63) is 43.1 Å². The molecule has 0 fully saturated rings. The molecule has 4 heterocycles. The molecule has 4 aromatic heterocycles. The molecule has 0 aromatic carbocycles. The molecule has 0 unspecified atom stereocenters. The van der Waals surface area contributed by atoms with Gasteiger partial charge < -0.3 is 9.40 Å². The second-order valence-corrected chi connectivity index (χ2v) is 11.6. The Bertz CT molecular complexity index is 1300. The first-order valence-electron chi connectivity index (χ1n) is 10.0. The number of aromatic nitrogens is 4. The molecule has 0 radical (unpaired) electrons. The molecular weight excluding hydrogens is 436 g/mol. The van der Waals surface area contributed by atoms with E-state index in [1.807, 2.05) is 20.8 Å². The molecule has 0 aliphatic heterocycles. The zero-order chi connectivity index (χ0) is 21.0. The molecule has 5 rings (SSSR count). The highest BCUT2D eigenvalue weighted by Crippen LogP contribution is 2.39. The lowest BCUT2D eigenvalue weighted by atomic mass is 9.90. The Labute approximate surface area is 186 Å². The quantitative estimate of drug-likeness (QED) is 0.395. The summed E-state index contributed by atoms with van der Waals surface area (Å²) in [7, 11) is 0. The molecule has 156 valence electrons. The molecule has 30 heavy (non-hydrogen) atoms. The Kier molecular flexibility index (Phi) is 5.07. The van der Waals surface area contributed by atoms with Gasteiger partial charge in [0.05, 0.1) is 15.5 Å². The van der Waals surface area contributed by atoms with E-state index in [1.54, 1.807) is 22.7 Å². The maximum Gasteiger partial charge on any atom is 0.277 e. The van der Waals surface area contributed by atoms with Crippen molar-refractivity contribution >= 4 is 44.7 Å². The zero-order valence-electron chi connectivity index (χ0n) is 17.2. The number of thiophene rings is 2. The summed E-state index contributed by atoms with van der Waals surface area (Å²) < 4.78 is 5.94. The van der Waals surface area contributed by atoms with Crippen molar-refractivity contribution in [1.82, 2.24) is 20.2 Å². The third kappa shape index (κ3) is 3.52. The van der Waals surface area contributed by atoms with Crippen molar-refractivity contribution in [3.63, 3.8) is 0 Å². The van der Waals surface area contributed by atoms with Crippen LogP contribution < -0.4 is 5.56 Å². The lowest BCUT2D eigenvalue weighted by Gasteiger charge is -2.16. The number of thioether (sulfide) groups is 1. The van der Waals surface area contributed by atoms with Crippen molar-refractivity contribution in [2.75, 3.05) is 0 Å². The van der Waals surface area contributed by atoms with Crippen LogP contribution in [-0.2, 0) is 12.8 Å². The number of rotatable bonds is 4. The first-order chi connectivity index (χ1) is 14.4. The van der Waals surface area contributed by atoms with Crippen LogP contribution in [0.2, 0.25) is 0 Å². The predicted octanol–water partition coefficient (Wildman–Crippen LogP) is 5.69. The lowest BCUT2D eigenvalue weighted by molar-refractivity contribution is 0.465. The minimum absolute atomic E-state index is 0.0890. The maximum absolute atomic E-state index is 12.6.